The van der Waals surface area contributed by atoms with Crippen molar-refractivity contribution >= 4 is 21.4 Å². The molecule has 3 atom stereocenters. The molecule has 120 valence electrons. The third-order valence-corrected chi connectivity index (χ3v) is 2.77. The molecule has 20 heavy (non-hydrogen) atoms. The number of phosphoric ester groups is 2. The second kappa shape index (κ2) is 7.69. The predicted molar refractivity (Wildman–Crippen MR) is 59.0 cm³/mol. The molecule has 0 aromatic rings. The fourth-order valence-electron chi connectivity index (χ4n) is 0.901. The summed E-state index contributed by atoms with van der Waals surface area (Å²) in [5.74, 6) is -1.47. The molecule has 0 radical (unpaired) electrons. The van der Waals surface area contributed by atoms with Crippen LogP contribution >= 0.6 is 15.6 Å². The Morgan fingerprint density at radius 2 is 1.30 bits per heavy atom. The van der Waals surface area contributed by atoms with Crippen LogP contribution < -0.4 is 0 Å². The average Bonchev–Trinajstić information content (AvgIpc) is 2.29. The molecule has 0 aromatic carbocycles. The quantitative estimate of drug-likeness (QED) is 0.207. The molecule has 14 heteroatoms. The number of rotatable bonds is 9. The molecule has 3 unspecified atom stereocenters. The Labute approximate surface area is 112 Å². The molecule has 0 saturated heterocycles. The van der Waals surface area contributed by atoms with Crippen molar-refractivity contribution in [2.75, 3.05) is 13.2 Å². The summed E-state index contributed by atoms with van der Waals surface area (Å²) < 4.78 is 28.2. The van der Waals surface area contributed by atoms with Gasteiger partial charge in [-0.1, -0.05) is 0 Å². The van der Waals surface area contributed by atoms with E-state index in [1.807, 2.05) is 0 Å². The number of hydrogen-bond donors (Lipinski definition) is 7. The summed E-state index contributed by atoms with van der Waals surface area (Å²) in [4.78, 5) is 44.6. The maximum atomic E-state index is 11.3. The standard InChI is InChI=1S/C6H14O12P2/c7-3(1-17-19(11,12)13)5(9)6(10)4(8)2-18-20(14,15)16/h3-5,7-9H,1-2H2,(H2,11,12,13)(H2,14,15,16). The van der Waals surface area contributed by atoms with Crippen LogP contribution in [0.15, 0.2) is 0 Å². The third kappa shape index (κ3) is 8.84. The Kier molecular flexibility index (Phi) is 7.60. The van der Waals surface area contributed by atoms with Gasteiger partial charge in [-0.15, -0.1) is 0 Å². The van der Waals surface area contributed by atoms with Crippen LogP contribution in [-0.4, -0.2) is 72.2 Å². The summed E-state index contributed by atoms with van der Waals surface area (Å²) in [5, 5.41) is 27.6. The van der Waals surface area contributed by atoms with Crippen LogP contribution in [0.5, 0.6) is 0 Å². The number of aliphatic hydroxyl groups is 3. The minimum atomic E-state index is -4.93. The van der Waals surface area contributed by atoms with E-state index in [1.165, 1.54) is 0 Å². The van der Waals surface area contributed by atoms with Crippen LogP contribution in [0.25, 0.3) is 0 Å². The Hall–Kier alpha value is -0.230. The van der Waals surface area contributed by atoms with Crippen LogP contribution in [0.1, 0.15) is 0 Å². The molecule has 0 amide bonds. The Morgan fingerprint density at radius 1 is 0.900 bits per heavy atom. The molecule has 0 heterocycles. The number of aliphatic hydroxyl groups excluding tert-OH is 3. The highest BCUT2D eigenvalue weighted by atomic mass is 31.2. The molecular formula is C6H14O12P2. The van der Waals surface area contributed by atoms with Gasteiger partial charge in [-0.25, -0.2) is 9.13 Å². The number of carbonyl (C=O) groups is 1. The van der Waals surface area contributed by atoms with E-state index in [0.29, 0.717) is 0 Å². The largest absolute Gasteiger partial charge is 0.469 e. The van der Waals surface area contributed by atoms with E-state index in [0.717, 1.165) is 0 Å². The number of phosphoric acid groups is 2. The van der Waals surface area contributed by atoms with Crippen molar-refractivity contribution in [3.63, 3.8) is 0 Å². The van der Waals surface area contributed by atoms with Crippen LogP contribution in [0.4, 0.5) is 0 Å². The second-order valence-electron chi connectivity index (χ2n) is 3.50. The monoisotopic (exact) mass is 340 g/mol. The van der Waals surface area contributed by atoms with Crippen molar-refractivity contribution in [2.45, 2.75) is 18.3 Å². The highest BCUT2D eigenvalue weighted by molar-refractivity contribution is 7.46. The van der Waals surface area contributed by atoms with Gasteiger partial charge < -0.3 is 34.9 Å². The zero-order valence-corrected chi connectivity index (χ0v) is 11.5. The van der Waals surface area contributed by atoms with Gasteiger partial charge >= 0.3 is 15.6 Å². The molecule has 0 aliphatic rings. The van der Waals surface area contributed by atoms with Crippen molar-refractivity contribution in [1.82, 2.24) is 0 Å². The minimum absolute atomic E-state index is 1.11. The van der Waals surface area contributed by atoms with Crippen molar-refractivity contribution < 1.29 is 57.9 Å². The summed E-state index contributed by atoms with van der Waals surface area (Å²) in [5.41, 5.74) is 0. The molecule has 0 bridgehead atoms. The zero-order chi connectivity index (χ0) is 16.1. The SMILES string of the molecule is O=C(C(O)COP(=O)(O)O)C(O)C(O)COP(=O)(O)O. The fourth-order valence-corrected chi connectivity index (χ4v) is 1.58. The highest BCUT2D eigenvalue weighted by Gasteiger charge is 2.32. The number of ketones is 1. The van der Waals surface area contributed by atoms with E-state index in [2.05, 4.69) is 9.05 Å². The maximum absolute atomic E-state index is 11.3. The van der Waals surface area contributed by atoms with Gasteiger partial charge in [0, 0.05) is 0 Å². The molecule has 0 saturated carbocycles. The van der Waals surface area contributed by atoms with E-state index in [9.17, 15) is 24.1 Å². The van der Waals surface area contributed by atoms with Gasteiger partial charge in [-0.05, 0) is 0 Å². The lowest BCUT2D eigenvalue weighted by Crippen LogP contribution is -2.43. The van der Waals surface area contributed by atoms with Gasteiger partial charge in [0.15, 0.2) is 5.78 Å². The summed E-state index contributed by atoms with van der Waals surface area (Å²) in [7, 11) is -9.85. The molecule has 0 aromatic heterocycles. The van der Waals surface area contributed by atoms with Crippen LogP contribution in [0.2, 0.25) is 0 Å². The topological polar surface area (TPSA) is 211 Å². The van der Waals surface area contributed by atoms with Gasteiger partial charge in [-0.3, -0.25) is 13.8 Å². The van der Waals surface area contributed by atoms with E-state index in [1.54, 1.807) is 0 Å². The van der Waals surface area contributed by atoms with Crippen LogP contribution in [-0.2, 0) is 23.0 Å². The molecule has 0 aliphatic carbocycles. The Morgan fingerprint density at radius 3 is 1.70 bits per heavy atom. The first-order valence-corrected chi connectivity index (χ1v) is 7.87. The summed E-state index contributed by atoms with van der Waals surface area (Å²) in [6.07, 6.45) is -6.53. The fraction of sp³-hybridized carbons (Fsp3) is 0.833. The average molecular weight is 340 g/mol. The molecule has 12 nitrogen and oxygen atoms in total. The van der Waals surface area contributed by atoms with E-state index in [4.69, 9.17) is 24.7 Å². The molecule has 0 aliphatic heterocycles. The number of hydrogen-bond acceptors (Lipinski definition) is 8. The first-order chi connectivity index (χ1) is 8.83. The lowest BCUT2D eigenvalue weighted by Gasteiger charge is -2.19. The van der Waals surface area contributed by atoms with Crippen molar-refractivity contribution in [1.29, 1.82) is 0 Å². The molecule has 0 rings (SSSR count). The minimum Gasteiger partial charge on any atom is -0.388 e. The first-order valence-electron chi connectivity index (χ1n) is 4.81. The first kappa shape index (κ1) is 19.8. The van der Waals surface area contributed by atoms with E-state index in [-0.39, 0.29) is 0 Å². The van der Waals surface area contributed by atoms with Crippen molar-refractivity contribution in [3.05, 3.63) is 0 Å². The van der Waals surface area contributed by atoms with Gasteiger partial charge in [0.1, 0.15) is 18.3 Å². The third-order valence-electron chi connectivity index (χ3n) is 1.80. The predicted octanol–water partition coefficient (Wildman–Crippen LogP) is -3.14. The summed E-state index contributed by atoms with van der Waals surface area (Å²) in [6, 6.07) is 0. The van der Waals surface area contributed by atoms with Crippen LogP contribution in [0.3, 0.4) is 0 Å². The van der Waals surface area contributed by atoms with E-state index >= 15 is 0 Å². The molecule has 0 spiro atoms. The van der Waals surface area contributed by atoms with Gasteiger partial charge in [-0.2, -0.15) is 0 Å². The second-order valence-corrected chi connectivity index (χ2v) is 5.98. The summed E-state index contributed by atoms with van der Waals surface area (Å²) in [6.45, 7) is -2.25. The van der Waals surface area contributed by atoms with Crippen molar-refractivity contribution in [2.24, 2.45) is 0 Å². The van der Waals surface area contributed by atoms with Gasteiger partial charge in [0.05, 0.1) is 13.2 Å². The smallest absolute Gasteiger partial charge is 0.388 e. The highest BCUT2D eigenvalue weighted by Crippen LogP contribution is 2.36. The normalized spacial score (nSPS) is 17.6. The molecule has 0 fully saturated rings. The number of carbonyl (C=O) groups excluding carboxylic acids is 1. The maximum Gasteiger partial charge on any atom is 0.469 e. The lowest BCUT2D eigenvalue weighted by atomic mass is 10.1. The van der Waals surface area contributed by atoms with Gasteiger partial charge in [0.25, 0.3) is 0 Å². The van der Waals surface area contributed by atoms with Crippen LogP contribution in [0, 0.1) is 0 Å². The molecule has 7 N–H and O–H groups in total. The number of Topliss-reactive ketones (excluding diaryl/α,β-unsaturated/α-hetero) is 1. The lowest BCUT2D eigenvalue weighted by molar-refractivity contribution is -0.144. The van der Waals surface area contributed by atoms with Gasteiger partial charge in [0.2, 0.25) is 0 Å². The Bertz CT molecular complexity index is 410. The van der Waals surface area contributed by atoms with Crippen molar-refractivity contribution in [3.8, 4) is 0 Å². The van der Waals surface area contributed by atoms with E-state index < -0.39 is 53.0 Å². The zero-order valence-electron chi connectivity index (χ0n) is 9.71. The molecular weight excluding hydrogens is 326 g/mol. The Balaban J connectivity index is 4.38. The summed E-state index contributed by atoms with van der Waals surface area (Å²) >= 11 is 0.